The molecular weight excluding hydrogens is 620 g/mol. The van der Waals surface area contributed by atoms with Crippen molar-refractivity contribution in [1.82, 2.24) is 4.90 Å². The summed E-state index contributed by atoms with van der Waals surface area (Å²) in [6.45, 7) is 4.01. The summed E-state index contributed by atoms with van der Waals surface area (Å²) >= 11 is 6.72. The van der Waals surface area contributed by atoms with Gasteiger partial charge in [-0.2, -0.15) is 0 Å². The van der Waals surface area contributed by atoms with Gasteiger partial charge in [-0.3, -0.25) is 24.1 Å². The van der Waals surface area contributed by atoms with Gasteiger partial charge in [-0.05, 0) is 72.8 Å². The van der Waals surface area contributed by atoms with Crippen LogP contribution in [0, 0.1) is 0 Å². The van der Waals surface area contributed by atoms with Crippen LogP contribution in [0.5, 0.6) is 11.5 Å². The molecule has 2 aliphatic heterocycles. The highest BCUT2D eigenvalue weighted by molar-refractivity contribution is 8.18. The number of morpholine rings is 1. The van der Waals surface area contributed by atoms with Crippen LogP contribution in [0.1, 0.15) is 12.5 Å². The van der Waals surface area contributed by atoms with Crippen LogP contribution in [-0.4, -0.2) is 73.9 Å². The number of amides is 4. The fourth-order valence-corrected chi connectivity index (χ4v) is 5.72. The van der Waals surface area contributed by atoms with Crippen molar-refractivity contribution in [1.29, 1.82) is 0 Å². The minimum Gasteiger partial charge on any atom is -0.490 e. The zero-order valence-corrected chi connectivity index (χ0v) is 26.0. The summed E-state index contributed by atoms with van der Waals surface area (Å²) in [5.41, 5.74) is 2.56. The number of carbonyl (C=O) groups excluding carboxylic acids is 4. The molecule has 0 bridgehead atoms. The van der Waals surface area contributed by atoms with E-state index < -0.39 is 23.6 Å². The van der Waals surface area contributed by atoms with Crippen molar-refractivity contribution in [3.63, 3.8) is 0 Å². The molecule has 2 aliphatic rings. The SMILES string of the molecule is CCOc1cc(/C=C2/SC(=O)N(CC(=O)Nc3ccccc3N3CCOCC3)C2=O)ccc1OCC(=O)Nc1cccc(Cl)c1. The van der Waals surface area contributed by atoms with Crippen LogP contribution in [0.2, 0.25) is 5.02 Å². The molecule has 0 spiro atoms. The number of rotatable bonds is 11. The monoisotopic (exact) mass is 650 g/mol. The van der Waals surface area contributed by atoms with Gasteiger partial charge in [-0.25, -0.2) is 0 Å². The first-order chi connectivity index (χ1) is 21.8. The van der Waals surface area contributed by atoms with E-state index in [0.717, 1.165) is 22.3 Å². The molecule has 13 heteroatoms. The Morgan fingerprint density at radius 3 is 2.53 bits per heavy atom. The lowest BCUT2D eigenvalue weighted by molar-refractivity contribution is -0.127. The number of benzene rings is 3. The topological polar surface area (TPSA) is 127 Å². The molecule has 2 heterocycles. The predicted octanol–water partition coefficient (Wildman–Crippen LogP) is 5.27. The molecule has 0 atom stereocenters. The fourth-order valence-electron chi connectivity index (χ4n) is 4.69. The summed E-state index contributed by atoms with van der Waals surface area (Å²) in [5, 5.41) is 5.51. The summed E-state index contributed by atoms with van der Waals surface area (Å²) in [7, 11) is 0. The van der Waals surface area contributed by atoms with E-state index in [1.54, 1.807) is 61.5 Å². The van der Waals surface area contributed by atoms with Crippen LogP contribution in [0.3, 0.4) is 0 Å². The molecule has 0 radical (unpaired) electrons. The number of carbonyl (C=O) groups is 4. The standard InChI is InChI=1S/C32H31ClN4O7S/c1-2-43-27-16-21(10-11-26(27)44-20-30(39)34-23-7-5-6-22(33)18-23)17-28-31(40)37(32(41)45-28)19-29(38)35-24-8-3-4-9-25(24)36-12-14-42-15-13-36/h3-11,16-18H,2,12-15,19-20H2,1H3,(H,34,39)(H,35,38)/b28-17+. The first-order valence-corrected chi connectivity index (χ1v) is 15.4. The zero-order chi connectivity index (χ0) is 31.8. The van der Waals surface area contributed by atoms with Crippen LogP contribution >= 0.6 is 23.4 Å². The highest BCUT2D eigenvalue weighted by Gasteiger charge is 2.36. The summed E-state index contributed by atoms with van der Waals surface area (Å²) in [6, 6.07) is 19.1. The molecule has 0 aromatic heterocycles. The molecule has 0 aliphatic carbocycles. The van der Waals surface area contributed by atoms with Gasteiger partial charge in [0.1, 0.15) is 6.54 Å². The largest absolute Gasteiger partial charge is 0.490 e. The molecule has 3 aromatic carbocycles. The number of anilines is 3. The van der Waals surface area contributed by atoms with E-state index >= 15 is 0 Å². The van der Waals surface area contributed by atoms with Crippen molar-refractivity contribution in [2.75, 3.05) is 61.6 Å². The molecule has 0 unspecified atom stereocenters. The molecule has 2 saturated heterocycles. The second-order valence-corrected chi connectivity index (χ2v) is 11.3. The van der Waals surface area contributed by atoms with Crippen molar-refractivity contribution >= 4 is 69.5 Å². The molecule has 0 saturated carbocycles. The Labute approximate surface area is 269 Å². The van der Waals surface area contributed by atoms with E-state index in [0.29, 0.717) is 66.4 Å². The minimum absolute atomic E-state index is 0.165. The third-order valence-electron chi connectivity index (χ3n) is 6.74. The number of halogens is 1. The van der Waals surface area contributed by atoms with Crippen LogP contribution in [0.4, 0.5) is 21.9 Å². The fraction of sp³-hybridized carbons (Fsp3) is 0.250. The third-order valence-corrected chi connectivity index (χ3v) is 7.88. The Balaban J connectivity index is 1.22. The van der Waals surface area contributed by atoms with Crippen molar-refractivity contribution in [3.8, 4) is 11.5 Å². The van der Waals surface area contributed by atoms with Crippen LogP contribution in [0.15, 0.2) is 71.6 Å². The molecule has 5 rings (SSSR count). The summed E-state index contributed by atoms with van der Waals surface area (Å²) in [4.78, 5) is 54.4. The summed E-state index contributed by atoms with van der Waals surface area (Å²) in [6.07, 6.45) is 1.55. The van der Waals surface area contributed by atoms with Crippen molar-refractivity contribution in [2.45, 2.75) is 6.92 Å². The van der Waals surface area contributed by atoms with E-state index in [1.807, 2.05) is 18.2 Å². The molecular formula is C32H31ClN4O7S. The normalized spacial score (nSPS) is 15.7. The average molecular weight is 651 g/mol. The van der Waals surface area contributed by atoms with Gasteiger partial charge in [0.25, 0.3) is 17.1 Å². The van der Waals surface area contributed by atoms with Crippen LogP contribution in [0.25, 0.3) is 6.08 Å². The second kappa shape index (κ2) is 15.0. The number of hydrogen-bond donors (Lipinski definition) is 2. The van der Waals surface area contributed by atoms with Crippen LogP contribution < -0.4 is 25.0 Å². The number of ether oxygens (including phenoxy) is 3. The molecule has 11 nitrogen and oxygen atoms in total. The molecule has 3 aromatic rings. The van der Waals surface area contributed by atoms with Gasteiger partial charge in [0.2, 0.25) is 5.91 Å². The lowest BCUT2D eigenvalue weighted by Gasteiger charge is -2.30. The van der Waals surface area contributed by atoms with Gasteiger partial charge < -0.3 is 29.7 Å². The Kier molecular flexibility index (Phi) is 10.6. The van der Waals surface area contributed by atoms with E-state index in [2.05, 4.69) is 15.5 Å². The quantitative estimate of drug-likeness (QED) is 0.267. The Morgan fingerprint density at radius 2 is 1.76 bits per heavy atom. The predicted molar refractivity (Wildman–Crippen MR) is 174 cm³/mol. The van der Waals surface area contributed by atoms with Gasteiger partial charge in [0, 0.05) is 23.8 Å². The van der Waals surface area contributed by atoms with Crippen molar-refractivity contribution < 1.29 is 33.4 Å². The molecule has 2 fully saturated rings. The van der Waals surface area contributed by atoms with Gasteiger partial charge in [-0.15, -0.1) is 0 Å². The second-order valence-electron chi connectivity index (χ2n) is 9.92. The lowest BCUT2D eigenvalue weighted by Crippen LogP contribution is -2.38. The Bertz CT molecular complexity index is 1630. The van der Waals surface area contributed by atoms with Crippen molar-refractivity contribution in [3.05, 3.63) is 82.2 Å². The highest BCUT2D eigenvalue weighted by Crippen LogP contribution is 2.35. The van der Waals surface area contributed by atoms with Crippen molar-refractivity contribution in [2.24, 2.45) is 0 Å². The van der Waals surface area contributed by atoms with Crippen LogP contribution in [-0.2, 0) is 19.1 Å². The molecule has 45 heavy (non-hydrogen) atoms. The number of hydrogen-bond acceptors (Lipinski definition) is 9. The molecule has 4 amide bonds. The first-order valence-electron chi connectivity index (χ1n) is 14.2. The maximum Gasteiger partial charge on any atom is 0.294 e. The lowest BCUT2D eigenvalue weighted by atomic mass is 10.2. The number of nitrogens with zero attached hydrogens (tertiary/aromatic N) is 2. The molecule has 2 N–H and O–H groups in total. The van der Waals surface area contributed by atoms with E-state index in [4.69, 9.17) is 25.8 Å². The first kappa shape index (κ1) is 31.9. The highest BCUT2D eigenvalue weighted by atomic mass is 35.5. The van der Waals surface area contributed by atoms with Gasteiger partial charge in [-0.1, -0.05) is 35.9 Å². The summed E-state index contributed by atoms with van der Waals surface area (Å²) in [5.74, 6) is -0.751. The smallest absolute Gasteiger partial charge is 0.294 e. The Morgan fingerprint density at radius 1 is 0.956 bits per heavy atom. The number of imide groups is 1. The number of nitrogens with one attached hydrogen (secondary N) is 2. The maximum absolute atomic E-state index is 13.2. The van der Waals surface area contributed by atoms with E-state index in [1.165, 1.54) is 0 Å². The Hall–Kier alpha value is -4.52. The van der Waals surface area contributed by atoms with Gasteiger partial charge in [0.05, 0.1) is 36.1 Å². The number of para-hydroxylation sites is 2. The van der Waals surface area contributed by atoms with Gasteiger partial charge in [0.15, 0.2) is 18.1 Å². The average Bonchev–Trinajstić information content (AvgIpc) is 3.28. The van der Waals surface area contributed by atoms with Gasteiger partial charge >= 0.3 is 0 Å². The zero-order valence-electron chi connectivity index (χ0n) is 24.4. The van der Waals surface area contributed by atoms with E-state index in [-0.39, 0.29) is 17.4 Å². The summed E-state index contributed by atoms with van der Waals surface area (Å²) < 4.78 is 16.8. The molecule has 234 valence electrons. The minimum atomic E-state index is -0.572. The van der Waals surface area contributed by atoms with E-state index in [9.17, 15) is 19.2 Å². The maximum atomic E-state index is 13.2. The third kappa shape index (κ3) is 8.35. The number of thioether (sulfide) groups is 1.